The van der Waals surface area contributed by atoms with Gasteiger partial charge in [-0.2, -0.15) is 0 Å². The number of amides is 2. The number of carbonyl (C=O) groups excluding carboxylic acids is 1. The summed E-state index contributed by atoms with van der Waals surface area (Å²) in [5, 5.41) is 16.0. The highest BCUT2D eigenvalue weighted by molar-refractivity contribution is 6.32. The van der Waals surface area contributed by atoms with Crippen molar-refractivity contribution in [1.29, 1.82) is 0 Å². The van der Waals surface area contributed by atoms with Crippen LogP contribution < -0.4 is 15.4 Å². The van der Waals surface area contributed by atoms with Gasteiger partial charge in [0.15, 0.2) is 0 Å². The third-order valence-corrected chi connectivity index (χ3v) is 3.90. The van der Waals surface area contributed by atoms with Crippen molar-refractivity contribution in [3.8, 4) is 5.75 Å². The molecule has 2 amide bonds. The molecule has 1 aromatic rings. The Morgan fingerprint density at radius 1 is 1.43 bits per heavy atom. The standard InChI is InChI=1S/C15H21ClN2O3/c1-2-21-13-6-5-11(9-12(13)16)18-14(19)17-10-15(20)7-3-4-8-15/h5-6,9,20H,2-4,7-8,10H2,1H3,(H2,17,18,19). The van der Waals surface area contributed by atoms with Gasteiger partial charge < -0.3 is 20.5 Å². The highest BCUT2D eigenvalue weighted by atomic mass is 35.5. The van der Waals surface area contributed by atoms with E-state index in [-0.39, 0.29) is 12.6 Å². The minimum absolute atomic E-state index is 0.267. The van der Waals surface area contributed by atoms with Gasteiger partial charge in [-0.25, -0.2) is 4.79 Å². The summed E-state index contributed by atoms with van der Waals surface area (Å²) in [4.78, 5) is 11.8. The van der Waals surface area contributed by atoms with Crippen molar-refractivity contribution in [3.63, 3.8) is 0 Å². The summed E-state index contributed by atoms with van der Waals surface area (Å²) in [6.07, 6.45) is 3.49. The van der Waals surface area contributed by atoms with E-state index in [0.29, 0.717) is 23.1 Å². The Morgan fingerprint density at radius 3 is 2.76 bits per heavy atom. The van der Waals surface area contributed by atoms with Crippen LogP contribution in [0, 0.1) is 0 Å². The first-order valence-corrected chi connectivity index (χ1v) is 7.60. The van der Waals surface area contributed by atoms with Gasteiger partial charge in [0.1, 0.15) is 5.75 Å². The van der Waals surface area contributed by atoms with Gasteiger partial charge in [-0.15, -0.1) is 0 Å². The van der Waals surface area contributed by atoms with Crippen LogP contribution in [-0.2, 0) is 0 Å². The number of hydrogen-bond donors (Lipinski definition) is 3. The Labute approximate surface area is 129 Å². The Kier molecular flexibility index (Phi) is 5.31. The first-order chi connectivity index (χ1) is 10.0. The SMILES string of the molecule is CCOc1ccc(NC(=O)NCC2(O)CCCC2)cc1Cl. The molecule has 0 atom stereocenters. The monoisotopic (exact) mass is 312 g/mol. The Morgan fingerprint density at radius 2 is 2.14 bits per heavy atom. The van der Waals surface area contributed by atoms with Gasteiger partial charge in [0.25, 0.3) is 0 Å². The molecule has 0 radical (unpaired) electrons. The molecule has 1 saturated carbocycles. The predicted octanol–water partition coefficient (Wildman–Crippen LogP) is 3.17. The molecule has 0 heterocycles. The Hall–Kier alpha value is -1.46. The topological polar surface area (TPSA) is 70.6 Å². The van der Waals surface area contributed by atoms with E-state index in [0.717, 1.165) is 25.7 Å². The number of rotatable bonds is 5. The number of halogens is 1. The fourth-order valence-electron chi connectivity index (χ4n) is 2.48. The van der Waals surface area contributed by atoms with Crippen LogP contribution in [0.4, 0.5) is 10.5 Å². The van der Waals surface area contributed by atoms with Crippen molar-refractivity contribution < 1.29 is 14.6 Å². The first kappa shape index (κ1) is 15.9. The molecule has 0 spiro atoms. The summed E-state index contributed by atoms with van der Waals surface area (Å²) < 4.78 is 5.33. The number of hydrogen-bond acceptors (Lipinski definition) is 3. The number of aliphatic hydroxyl groups is 1. The minimum Gasteiger partial charge on any atom is -0.492 e. The normalized spacial score (nSPS) is 16.5. The lowest BCUT2D eigenvalue weighted by Crippen LogP contribution is -2.42. The quantitative estimate of drug-likeness (QED) is 0.782. The lowest BCUT2D eigenvalue weighted by Gasteiger charge is -2.22. The smallest absolute Gasteiger partial charge is 0.319 e. The molecule has 5 nitrogen and oxygen atoms in total. The molecule has 6 heteroatoms. The Balaban J connectivity index is 1.86. The average molecular weight is 313 g/mol. The lowest BCUT2D eigenvalue weighted by molar-refractivity contribution is 0.0506. The maximum Gasteiger partial charge on any atom is 0.319 e. The van der Waals surface area contributed by atoms with Gasteiger partial charge in [0.05, 0.1) is 17.2 Å². The zero-order chi connectivity index (χ0) is 15.3. The summed E-state index contributed by atoms with van der Waals surface area (Å²) in [7, 11) is 0. The van der Waals surface area contributed by atoms with Gasteiger partial charge in [0, 0.05) is 12.2 Å². The van der Waals surface area contributed by atoms with E-state index in [1.165, 1.54) is 0 Å². The van der Waals surface area contributed by atoms with Crippen molar-refractivity contribution in [1.82, 2.24) is 5.32 Å². The van der Waals surface area contributed by atoms with E-state index in [4.69, 9.17) is 16.3 Å². The van der Waals surface area contributed by atoms with Gasteiger partial charge in [0.2, 0.25) is 0 Å². The fraction of sp³-hybridized carbons (Fsp3) is 0.533. The molecule has 3 N–H and O–H groups in total. The van der Waals surface area contributed by atoms with Crippen molar-refractivity contribution >= 4 is 23.3 Å². The summed E-state index contributed by atoms with van der Waals surface area (Å²) in [5.74, 6) is 0.588. The van der Waals surface area contributed by atoms with Crippen LogP contribution >= 0.6 is 11.6 Å². The molecular weight excluding hydrogens is 292 g/mol. The minimum atomic E-state index is -0.756. The molecule has 21 heavy (non-hydrogen) atoms. The summed E-state index contributed by atoms with van der Waals surface area (Å²) >= 11 is 6.06. The van der Waals surface area contributed by atoms with E-state index in [1.807, 2.05) is 6.92 Å². The van der Waals surface area contributed by atoms with Crippen molar-refractivity contribution in [3.05, 3.63) is 23.2 Å². The van der Waals surface area contributed by atoms with E-state index in [9.17, 15) is 9.90 Å². The van der Waals surface area contributed by atoms with Crippen molar-refractivity contribution in [2.75, 3.05) is 18.5 Å². The largest absolute Gasteiger partial charge is 0.492 e. The molecule has 0 bridgehead atoms. The highest BCUT2D eigenvalue weighted by Gasteiger charge is 2.31. The fourth-order valence-corrected chi connectivity index (χ4v) is 2.72. The molecule has 1 aliphatic rings. The van der Waals surface area contributed by atoms with Crippen LogP contribution in [0.2, 0.25) is 5.02 Å². The first-order valence-electron chi connectivity index (χ1n) is 7.22. The van der Waals surface area contributed by atoms with Crippen LogP contribution in [0.25, 0.3) is 0 Å². The zero-order valence-electron chi connectivity index (χ0n) is 12.1. The maximum atomic E-state index is 11.8. The molecule has 1 aliphatic carbocycles. The van der Waals surface area contributed by atoms with Gasteiger partial charge in [-0.3, -0.25) is 0 Å². The van der Waals surface area contributed by atoms with E-state index < -0.39 is 5.60 Å². The molecule has 1 fully saturated rings. The molecule has 1 aromatic carbocycles. The number of ether oxygens (including phenoxy) is 1. The average Bonchev–Trinajstić information content (AvgIpc) is 2.87. The summed E-state index contributed by atoms with van der Waals surface area (Å²) in [5.41, 5.74) is -0.173. The van der Waals surface area contributed by atoms with Crippen LogP contribution in [0.3, 0.4) is 0 Å². The Bertz CT molecular complexity index is 502. The second-order valence-corrected chi connectivity index (χ2v) is 5.72. The van der Waals surface area contributed by atoms with Crippen LogP contribution in [0.5, 0.6) is 5.75 Å². The highest BCUT2D eigenvalue weighted by Crippen LogP contribution is 2.29. The molecule has 2 rings (SSSR count). The van der Waals surface area contributed by atoms with Crippen LogP contribution in [-0.4, -0.2) is 29.9 Å². The second-order valence-electron chi connectivity index (χ2n) is 5.32. The number of benzene rings is 1. The summed E-state index contributed by atoms with van der Waals surface area (Å²) in [6.45, 7) is 2.68. The third kappa shape index (κ3) is 4.51. The maximum absolute atomic E-state index is 11.8. The van der Waals surface area contributed by atoms with E-state index in [2.05, 4.69) is 10.6 Å². The van der Waals surface area contributed by atoms with Crippen LogP contribution in [0.1, 0.15) is 32.6 Å². The van der Waals surface area contributed by atoms with Gasteiger partial charge in [-0.1, -0.05) is 24.4 Å². The molecule has 0 aliphatic heterocycles. The number of urea groups is 1. The number of anilines is 1. The number of nitrogens with one attached hydrogen (secondary N) is 2. The van der Waals surface area contributed by atoms with E-state index >= 15 is 0 Å². The number of carbonyl (C=O) groups is 1. The zero-order valence-corrected chi connectivity index (χ0v) is 12.9. The molecule has 0 aromatic heterocycles. The third-order valence-electron chi connectivity index (χ3n) is 3.60. The van der Waals surface area contributed by atoms with E-state index in [1.54, 1.807) is 18.2 Å². The van der Waals surface area contributed by atoms with Crippen molar-refractivity contribution in [2.45, 2.75) is 38.2 Å². The molecular formula is C15H21ClN2O3. The molecule has 0 unspecified atom stereocenters. The summed E-state index contributed by atoms with van der Waals surface area (Å²) in [6, 6.07) is 4.72. The predicted molar refractivity (Wildman–Crippen MR) is 83.1 cm³/mol. The molecule has 0 saturated heterocycles. The van der Waals surface area contributed by atoms with Gasteiger partial charge >= 0.3 is 6.03 Å². The van der Waals surface area contributed by atoms with Gasteiger partial charge in [-0.05, 0) is 38.0 Å². The van der Waals surface area contributed by atoms with Crippen LogP contribution in [0.15, 0.2) is 18.2 Å². The second kappa shape index (κ2) is 7.00. The van der Waals surface area contributed by atoms with Crippen molar-refractivity contribution in [2.24, 2.45) is 0 Å². The molecule has 116 valence electrons. The lowest BCUT2D eigenvalue weighted by atomic mass is 10.0.